The summed E-state index contributed by atoms with van der Waals surface area (Å²) in [6.45, 7) is 6.67. The zero-order valence-corrected chi connectivity index (χ0v) is 14.1. The van der Waals surface area contributed by atoms with Crippen molar-refractivity contribution in [3.8, 4) is 5.95 Å². The van der Waals surface area contributed by atoms with Gasteiger partial charge in [-0.25, -0.2) is 9.67 Å². The standard InChI is InChI=1S/C18H21N5O/c1-4-15-10-17(24)21-18(20-15)23-13(3)9-16(22-23)19-11-14-7-5-6-12(2)8-14/h5-10H,4,11H2,1-3H3,(H,19,22)(H,20,21,24). The number of aromatic amines is 1. The predicted molar refractivity (Wildman–Crippen MR) is 94.6 cm³/mol. The summed E-state index contributed by atoms with van der Waals surface area (Å²) in [7, 11) is 0. The molecule has 0 saturated heterocycles. The zero-order valence-electron chi connectivity index (χ0n) is 14.1. The van der Waals surface area contributed by atoms with Gasteiger partial charge in [0.05, 0.1) is 0 Å². The lowest BCUT2D eigenvalue weighted by Gasteiger charge is -2.05. The molecule has 0 unspecified atom stereocenters. The lowest BCUT2D eigenvalue weighted by Crippen LogP contribution is -2.15. The van der Waals surface area contributed by atoms with Crippen LogP contribution in [0.3, 0.4) is 0 Å². The Morgan fingerprint density at radius 2 is 2.04 bits per heavy atom. The van der Waals surface area contributed by atoms with Crippen molar-refractivity contribution in [3.63, 3.8) is 0 Å². The van der Waals surface area contributed by atoms with Gasteiger partial charge in [0.25, 0.3) is 5.56 Å². The van der Waals surface area contributed by atoms with Crippen molar-refractivity contribution >= 4 is 5.82 Å². The average Bonchev–Trinajstić information content (AvgIpc) is 2.93. The number of nitrogens with one attached hydrogen (secondary N) is 2. The molecule has 0 aliphatic carbocycles. The SMILES string of the molecule is CCc1cc(=O)[nH]c(-n2nc(NCc3cccc(C)c3)cc2C)n1. The first-order valence-electron chi connectivity index (χ1n) is 8.02. The molecular formula is C18H21N5O. The van der Waals surface area contributed by atoms with Crippen LogP contribution >= 0.6 is 0 Å². The Labute approximate surface area is 140 Å². The van der Waals surface area contributed by atoms with Crippen LogP contribution in [0.1, 0.15) is 29.4 Å². The van der Waals surface area contributed by atoms with Gasteiger partial charge in [-0.05, 0) is 25.8 Å². The van der Waals surface area contributed by atoms with E-state index in [4.69, 9.17) is 0 Å². The Hall–Kier alpha value is -2.89. The molecule has 2 heterocycles. The molecule has 124 valence electrons. The number of rotatable bonds is 5. The predicted octanol–water partition coefficient (Wildman–Crippen LogP) is 2.75. The first kappa shape index (κ1) is 16.0. The number of aromatic nitrogens is 4. The van der Waals surface area contributed by atoms with Crippen LogP contribution in [0.2, 0.25) is 0 Å². The Morgan fingerprint density at radius 1 is 1.21 bits per heavy atom. The number of H-pyrrole nitrogens is 1. The Bertz CT molecular complexity index is 910. The smallest absolute Gasteiger partial charge is 0.252 e. The number of hydrogen-bond donors (Lipinski definition) is 2. The first-order valence-corrected chi connectivity index (χ1v) is 8.02. The minimum absolute atomic E-state index is 0.166. The molecule has 0 radical (unpaired) electrons. The third-order valence-electron chi connectivity index (χ3n) is 3.79. The van der Waals surface area contributed by atoms with E-state index in [1.165, 1.54) is 17.2 Å². The molecule has 0 saturated carbocycles. The molecule has 0 spiro atoms. The van der Waals surface area contributed by atoms with Gasteiger partial charge in [-0.3, -0.25) is 9.78 Å². The van der Waals surface area contributed by atoms with E-state index in [0.717, 1.165) is 17.2 Å². The van der Waals surface area contributed by atoms with E-state index in [2.05, 4.69) is 45.5 Å². The number of hydrogen-bond acceptors (Lipinski definition) is 4. The molecule has 0 aliphatic rings. The van der Waals surface area contributed by atoms with Gasteiger partial charge in [-0.15, -0.1) is 5.10 Å². The molecule has 6 nitrogen and oxygen atoms in total. The van der Waals surface area contributed by atoms with E-state index < -0.39 is 0 Å². The fourth-order valence-corrected chi connectivity index (χ4v) is 2.57. The largest absolute Gasteiger partial charge is 0.365 e. The fraction of sp³-hybridized carbons (Fsp3) is 0.278. The molecule has 24 heavy (non-hydrogen) atoms. The van der Waals surface area contributed by atoms with Crippen molar-refractivity contribution in [2.45, 2.75) is 33.7 Å². The van der Waals surface area contributed by atoms with Crippen molar-refractivity contribution in [1.82, 2.24) is 19.7 Å². The number of nitrogens with zero attached hydrogens (tertiary/aromatic N) is 3. The summed E-state index contributed by atoms with van der Waals surface area (Å²) >= 11 is 0. The molecule has 0 aliphatic heterocycles. The van der Waals surface area contributed by atoms with Gasteiger partial charge in [0.15, 0.2) is 0 Å². The van der Waals surface area contributed by atoms with Gasteiger partial charge in [0, 0.05) is 30.1 Å². The van der Waals surface area contributed by atoms with Crippen LogP contribution in [0.4, 0.5) is 5.82 Å². The Kier molecular flexibility index (Phi) is 4.46. The second-order valence-corrected chi connectivity index (χ2v) is 5.84. The molecule has 3 rings (SSSR count). The van der Waals surface area contributed by atoms with Crippen molar-refractivity contribution in [2.24, 2.45) is 0 Å². The summed E-state index contributed by atoms with van der Waals surface area (Å²) in [6, 6.07) is 11.8. The molecule has 3 aromatic rings. The summed E-state index contributed by atoms with van der Waals surface area (Å²) in [5.41, 5.74) is 3.91. The third kappa shape index (κ3) is 3.53. The first-order chi connectivity index (χ1) is 11.5. The maximum Gasteiger partial charge on any atom is 0.252 e. The molecule has 0 atom stereocenters. The maximum absolute atomic E-state index is 11.8. The van der Waals surface area contributed by atoms with Gasteiger partial charge in [0.2, 0.25) is 5.95 Å². The van der Waals surface area contributed by atoms with E-state index in [-0.39, 0.29) is 5.56 Å². The monoisotopic (exact) mass is 323 g/mol. The summed E-state index contributed by atoms with van der Waals surface area (Å²) in [6.07, 6.45) is 0.704. The van der Waals surface area contributed by atoms with Crippen LogP contribution in [0.15, 0.2) is 41.2 Å². The number of aryl methyl sites for hydroxylation is 3. The van der Waals surface area contributed by atoms with Crippen molar-refractivity contribution in [3.05, 3.63) is 69.3 Å². The molecule has 0 amide bonds. The lowest BCUT2D eigenvalue weighted by molar-refractivity contribution is 0.765. The van der Waals surface area contributed by atoms with E-state index in [1.54, 1.807) is 4.68 Å². The van der Waals surface area contributed by atoms with Crippen LogP contribution in [-0.4, -0.2) is 19.7 Å². The number of anilines is 1. The Morgan fingerprint density at radius 3 is 2.79 bits per heavy atom. The normalized spacial score (nSPS) is 10.8. The zero-order chi connectivity index (χ0) is 17.1. The van der Waals surface area contributed by atoms with E-state index in [0.29, 0.717) is 18.9 Å². The molecule has 0 bridgehead atoms. The van der Waals surface area contributed by atoms with Crippen molar-refractivity contribution < 1.29 is 0 Å². The van der Waals surface area contributed by atoms with Gasteiger partial charge < -0.3 is 5.32 Å². The third-order valence-corrected chi connectivity index (χ3v) is 3.79. The highest BCUT2D eigenvalue weighted by atomic mass is 16.1. The molecule has 6 heteroatoms. The minimum Gasteiger partial charge on any atom is -0.365 e. The van der Waals surface area contributed by atoms with Crippen molar-refractivity contribution in [2.75, 3.05) is 5.32 Å². The van der Waals surface area contributed by atoms with E-state index in [1.807, 2.05) is 26.0 Å². The van der Waals surface area contributed by atoms with Gasteiger partial charge in [0.1, 0.15) is 5.82 Å². The van der Waals surface area contributed by atoms with Crippen LogP contribution in [0, 0.1) is 13.8 Å². The van der Waals surface area contributed by atoms with Crippen LogP contribution in [0.25, 0.3) is 5.95 Å². The maximum atomic E-state index is 11.8. The highest BCUT2D eigenvalue weighted by Crippen LogP contribution is 2.13. The van der Waals surface area contributed by atoms with Crippen LogP contribution in [0.5, 0.6) is 0 Å². The number of benzene rings is 1. The van der Waals surface area contributed by atoms with Gasteiger partial charge in [-0.2, -0.15) is 0 Å². The van der Waals surface area contributed by atoms with Gasteiger partial charge >= 0.3 is 0 Å². The second kappa shape index (κ2) is 6.70. The van der Waals surface area contributed by atoms with Crippen LogP contribution in [-0.2, 0) is 13.0 Å². The fourth-order valence-electron chi connectivity index (χ4n) is 2.57. The second-order valence-electron chi connectivity index (χ2n) is 5.84. The Balaban J connectivity index is 1.82. The average molecular weight is 323 g/mol. The quantitative estimate of drug-likeness (QED) is 0.757. The lowest BCUT2D eigenvalue weighted by atomic mass is 10.1. The summed E-state index contributed by atoms with van der Waals surface area (Å²) in [5.74, 6) is 1.19. The summed E-state index contributed by atoms with van der Waals surface area (Å²) in [4.78, 5) is 18.9. The highest BCUT2D eigenvalue weighted by Gasteiger charge is 2.09. The molecule has 0 fully saturated rings. The highest BCUT2D eigenvalue weighted by molar-refractivity contribution is 5.39. The molecule has 2 N–H and O–H groups in total. The topological polar surface area (TPSA) is 75.6 Å². The van der Waals surface area contributed by atoms with E-state index >= 15 is 0 Å². The summed E-state index contributed by atoms with van der Waals surface area (Å²) < 4.78 is 1.65. The van der Waals surface area contributed by atoms with Crippen LogP contribution < -0.4 is 10.9 Å². The molecule has 1 aromatic carbocycles. The molecular weight excluding hydrogens is 302 g/mol. The van der Waals surface area contributed by atoms with Gasteiger partial charge in [-0.1, -0.05) is 36.8 Å². The summed E-state index contributed by atoms with van der Waals surface area (Å²) in [5, 5.41) is 7.82. The molecule has 2 aromatic heterocycles. The van der Waals surface area contributed by atoms with Crippen molar-refractivity contribution in [1.29, 1.82) is 0 Å². The minimum atomic E-state index is -0.166. The van der Waals surface area contributed by atoms with E-state index in [9.17, 15) is 4.79 Å².